The summed E-state index contributed by atoms with van der Waals surface area (Å²) < 4.78 is 11.7. The molecule has 1 amide bonds. The maximum Gasteiger partial charge on any atom is 0.224 e. The third kappa shape index (κ3) is 6.57. The number of carbonyl (C=O) groups is 1. The first-order valence-corrected chi connectivity index (χ1v) is 13.5. The number of nitriles is 1. The second-order valence-corrected chi connectivity index (χ2v) is 10.4. The van der Waals surface area contributed by atoms with Gasteiger partial charge >= 0.3 is 0 Å². The molecule has 0 fully saturated rings. The number of hydrogen-bond donors (Lipinski definition) is 2. The van der Waals surface area contributed by atoms with Crippen LogP contribution in [0.15, 0.2) is 65.3 Å². The Balaban J connectivity index is 1.36. The highest BCUT2D eigenvalue weighted by Crippen LogP contribution is 2.35. The summed E-state index contributed by atoms with van der Waals surface area (Å²) in [6.45, 7) is 2.94. The molecule has 2 N–H and O–H groups in total. The van der Waals surface area contributed by atoms with Crippen LogP contribution in [0.3, 0.4) is 0 Å². The summed E-state index contributed by atoms with van der Waals surface area (Å²) >= 11 is 6.56. The first-order valence-electron chi connectivity index (χ1n) is 13.1. The molecule has 0 radical (unpaired) electrons. The Kier molecular flexibility index (Phi) is 8.34. The van der Waals surface area contributed by atoms with Gasteiger partial charge in [-0.25, -0.2) is 0 Å². The summed E-state index contributed by atoms with van der Waals surface area (Å²) in [7, 11) is 3.96. The van der Waals surface area contributed by atoms with Gasteiger partial charge in [0.15, 0.2) is 5.58 Å². The summed E-state index contributed by atoms with van der Waals surface area (Å²) in [6.07, 6.45) is 4.41. The van der Waals surface area contributed by atoms with Crippen LogP contribution in [0.5, 0.6) is 5.75 Å². The largest absolute Gasteiger partial charge is 0.484 e. The Morgan fingerprint density at radius 1 is 1.15 bits per heavy atom. The number of amides is 1. The molecule has 2 aromatic carbocycles. The van der Waals surface area contributed by atoms with E-state index in [1.165, 1.54) is 6.20 Å². The van der Waals surface area contributed by atoms with Crippen LogP contribution < -0.4 is 15.4 Å². The molecule has 208 valence electrons. The van der Waals surface area contributed by atoms with Gasteiger partial charge in [-0.3, -0.25) is 14.8 Å². The molecule has 0 saturated carbocycles. The minimum atomic E-state index is -0.0607. The van der Waals surface area contributed by atoms with Crippen LogP contribution in [0.25, 0.3) is 22.0 Å². The number of ether oxygens (including phenoxy) is 1. The van der Waals surface area contributed by atoms with Crippen molar-refractivity contribution in [3.05, 3.63) is 82.8 Å². The lowest BCUT2D eigenvalue weighted by Crippen LogP contribution is -2.17. The topological polar surface area (TPSA) is 116 Å². The molecule has 9 nitrogen and oxygen atoms in total. The fourth-order valence-corrected chi connectivity index (χ4v) is 4.68. The minimum Gasteiger partial charge on any atom is -0.484 e. The summed E-state index contributed by atoms with van der Waals surface area (Å²) in [5.41, 5.74) is 5.30. The maximum absolute atomic E-state index is 12.6. The number of nitrogens with zero attached hydrogens (tertiary/aromatic N) is 4. The highest BCUT2D eigenvalue weighted by molar-refractivity contribution is 6.32. The van der Waals surface area contributed by atoms with E-state index in [1.807, 2.05) is 62.3 Å². The van der Waals surface area contributed by atoms with Crippen molar-refractivity contribution in [3.8, 4) is 11.8 Å². The zero-order valence-corrected chi connectivity index (χ0v) is 23.7. The Bertz CT molecular complexity index is 1740. The van der Waals surface area contributed by atoms with Crippen molar-refractivity contribution < 1.29 is 13.9 Å². The van der Waals surface area contributed by atoms with Gasteiger partial charge in [-0.05, 0) is 82.0 Å². The number of benzene rings is 2. The van der Waals surface area contributed by atoms with Gasteiger partial charge in [-0.1, -0.05) is 11.6 Å². The van der Waals surface area contributed by atoms with E-state index in [1.54, 1.807) is 18.3 Å². The number of nitrogens with one attached hydrogen (secondary N) is 2. The van der Waals surface area contributed by atoms with Gasteiger partial charge in [0, 0.05) is 41.6 Å². The molecule has 0 aliphatic carbocycles. The summed E-state index contributed by atoms with van der Waals surface area (Å²) in [5.74, 6) is 1.06. The highest BCUT2D eigenvalue weighted by atomic mass is 35.5. The molecule has 0 aliphatic rings. The first kappa shape index (κ1) is 27.9. The van der Waals surface area contributed by atoms with Gasteiger partial charge in [0.2, 0.25) is 5.91 Å². The number of aromatic nitrogens is 2. The Hall–Kier alpha value is -4.65. The average molecular weight is 569 g/mol. The van der Waals surface area contributed by atoms with Crippen molar-refractivity contribution in [3.63, 3.8) is 0 Å². The van der Waals surface area contributed by atoms with Crippen LogP contribution in [0, 0.1) is 18.3 Å². The zero-order valence-electron chi connectivity index (χ0n) is 23.0. The van der Waals surface area contributed by atoms with Gasteiger partial charge in [-0.2, -0.15) is 5.26 Å². The van der Waals surface area contributed by atoms with E-state index in [4.69, 9.17) is 20.8 Å². The molecule has 0 atom stereocenters. The van der Waals surface area contributed by atoms with Gasteiger partial charge in [0.25, 0.3) is 0 Å². The number of aryl methyl sites for hydroxylation is 1. The van der Waals surface area contributed by atoms with Gasteiger partial charge in [-0.15, -0.1) is 0 Å². The van der Waals surface area contributed by atoms with Crippen LogP contribution in [-0.4, -0.2) is 41.4 Å². The van der Waals surface area contributed by atoms with E-state index in [9.17, 15) is 10.1 Å². The number of hydrogen-bond acceptors (Lipinski definition) is 8. The van der Waals surface area contributed by atoms with Crippen LogP contribution in [0.2, 0.25) is 5.02 Å². The van der Waals surface area contributed by atoms with Crippen molar-refractivity contribution in [2.75, 3.05) is 31.3 Å². The number of fused-ring (bicyclic) bond motifs is 2. The predicted octanol–water partition coefficient (Wildman–Crippen LogP) is 6.81. The predicted molar refractivity (Wildman–Crippen MR) is 161 cm³/mol. The maximum atomic E-state index is 12.6. The normalized spacial score (nSPS) is 11.1. The number of anilines is 3. The van der Waals surface area contributed by atoms with E-state index < -0.39 is 0 Å². The molecule has 5 rings (SSSR count). The van der Waals surface area contributed by atoms with Crippen molar-refractivity contribution in [2.45, 2.75) is 26.4 Å². The Morgan fingerprint density at radius 3 is 2.76 bits per heavy atom. The number of halogens is 1. The van der Waals surface area contributed by atoms with Crippen molar-refractivity contribution in [2.24, 2.45) is 0 Å². The molecule has 0 spiro atoms. The quantitative estimate of drug-likeness (QED) is 0.189. The zero-order chi connectivity index (χ0) is 28.9. The SMILES string of the molecule is Cc1cc2ncc(C#N)c(Nc3ccc(OCc4cc5ncccc5o4)c(Cl)c3)c2cc1NC(=O)CCCN(C)C. The Morgan fingerprint density at radius 2 is 2.00 bits per heavy atom. The molecular formula is C31H29ClN6O3. The summed E-state index contributed by atoms with van der Waals surface area (Å²) in [5, 5.41) is 17.3. The molecule has 0 bridgehead atoms. The number of furan rings is 1. The van der Waals surface area contributed by atoms with Gasteiger partial charge in [0.1, 0.15) is 29.7 Å². The monoisotopic (exact) mass is 568 g/mol. The average Bonchev–Trinajstić information content (AvgIpc) is 3.36. The number of pyridine rings is 2. The lowest BCUT2D eigenvalue weighted by Gasteiger charge is -2.16. The molecule has 10 heteroatoms. The van der Waals surface area contributed by atoms with Gasteiger partial charge < -0.3 is 24.7 Å². The molecule has 5 aromatic rings. The standard InChI is InChI=1S/C31H29ClN6O3/c1-19-12-26-23(15-25(19)37-30(39)7-5-11-38(2)3)31(20(16-33)17-35-26)36-21-8-9-28(24(32)13-21)40-18-22-14-27-29(41-22)6-4-10-34-27/h4,6,8-10,12-15,17H,5,7,11,18H2,1-3H3,(H,35,36)(H,37,39). The summed E-state index contributed by atoms with van der Waals surface area (Å²) in [4.78, 5) is 23.4. The fraction of sp³-hybridized carbons (Fsp3) is 0.226. The van der Waals surface area contributed by atoms with E-state index in [0.717, 1.165) is 24.0 Å². The second kappa shape index (κ2) is 12.3. The third-order valence-corrected chi connectivity index (χ3v) is 6.82. The molecule has 41 heavy (non-hydrogen) atoms. The van der Waals surface area contributed by atoms with Crippen LogP contribution >= 0.6 is 11.6 Å². The third-order valence-electron chi connectivity index (χ3n) is 6.53. The second-order valence-electron chi connectivity index (χ2n) is 9.96. The first-order chi connectivity index (χ1) is 19.8. The van der Waals surface area contributed by atoms with E-state index in [-0.39, 0.29) is 12.5 Å². The Labute approximate surface area is 242 Å². The van der Waals surface area contributed by atoms with E-state index >= 15 is 0 Å². The van der Waals surface area contributed by atoms with E-state index in [2.05, 4.69) is 26.7 Å². The van der Waals surface area contributed by atoms with Crippen LogP contribution in [0.1, 0.15) is 29.7 Å². The van der Waals surface area contributed by atoms with Crippen molar-refractivity contribution >= 4 is 56.6 Å². The van der Waals surface area contributed by atoms with Crippen molar-refractivity contribution in [1.82, 2.24) is 14.9 Å². The molecule has 3 aromatic heterocycles. The molecule has 0 aliphatic heterocycles. The number of carbonyl (C=O) groups excluding carboxylic acids is 1. The fourth-order valence-electron chi connectivity index (χ4n) is 4.45. The smallest absolute Gasteiger partial charge is 0.224 e. The molecule has 0 saturated heterocycles. The van der Waals surface area contributed by atoms with Gasteiger partial charge in [0.05, 0.1) is 21.8 Å². The highest BCUT2D eigenvalue weighted by Gasteiger charge is 2.15. The van der Waals surface area contributed by atoms with E-state index in [0.29, 0.717) is 62.1 Å². The molecule has 0 unspecified atom stereocenters. The number of rotatable bonds is 10. The lowest BCUT2D eigenvalue weighted by molar-refractivity contribution is -0.116. The molecule has 3 heterocycles. The minimum absolute atomic E-state index is 0.0607. The molecular weight excluding hydrogens is 540 g/mol. The summed E-state index contributed by atoms with van der Waals surface area (Å²) in [6, 6.07) is 16.8. The lowest BCUT2D eigenvalue weighted by atomic mass is 10.0. The van der Waals surface area contributed by atoms with Crippen molar-refractivity contribution in [1.29, 1.82) is 5.26 Å². The van der Waals surface area contributed by atoms with Crippen LogP contribution in [0.4, 0.5) is 17.1 Å². The van der Waals surface area contributed by atoms with Crippen LogP contribution in [-0.2, 0) is 11.4 Å².